The highest BCUT2D eigenvalue weighted by atomic mass is 32.2. The predicted molar refractivity (Wildman–Crippen MR) is 135 cm³/mol. The van der Waals surface area contributed by atoms with Crippen LogP contribution in [0.25, 0.3) is 0 Å². The van der Waals surface area contributed by atoms with Gasteiger partial charge in [0.25, 0.3) is 0 Å². The van der Waals surface area contributed by atoms with Crippen molar-refractivity contribution in [3.63, 3.8) is 0 Å². The Morgan fingerprint density at radius 3 is 2.29 bits per heavy atom. The molecule has 2 aromatic carbocycles. The minimum absolute atomic E-state index is 0.0330. The molecule has 0 saturated heterocycles. The topological polar surface area (TPSA) is 86.8 Å². The molecule has 2 amide bonds. The normalized spacial score (nSPS) is 12.6. The van der Waals surface area contributed by atoms with Crippen LogP contribution in [0.1, 0.15) is 51.2 Å². The quantitative estimate of drug-likeness (QED) is 0.494. The molecule has 186 valence electrons. The van der Waals surface area contributed by atoms with Gasteiger partial charge in [0.2, 0.25) is 21.8 Å². The van der Waals surface area contributed by atoms with E-state index in [0.717, 1.165) is 11.1 Å². The molecule has 8 heteroatoms. The van der Waals surface area contributed by atoms with E-state index in [1.54, 1.807) is 35.2 Å². The zero-order chi connectivity index (χ0) is 25.3. The number of rotatable bonds is 12. The van der Waals surface area contributed by atoms with Gasteiger partial charge in [-0.05, 0) is 51.3 Å². The van der Waals surface area contributed by atoms with Crippen LogP contribution in [0.4, 0.5) is 0 Å². The molecule has 0 heterocycles. The first-order chi connectivity index (χ1) is 16.1. The number of benzene rings is 2. The second-order valence-electron chi connectivity index (χ2n) is 8.84. The molecule has 2 rings (SSSR count). The predicted octanol–water partition coefficient (Wildman–Crippen LogP) is 3.73. The van der Waals surface area contributed by atoms with Crippen LogP contribution in [0.15, 0.2) is 59.5 Å². The second-order valence-corrected chi connectivity index (χ2v) is 10.9. The van der Waals surface area contributed by atoms with Crippen LogP contribution < -0.4 is 5.32 Å². The molecule has 0 aliphatic rings. The smallest absolute Gasteiger partial charge is 0.243 e. The number of aryl methyl sites for hydroxylation is 1. The Kier molecular flexibility index (Phi) is 10.3. The van der Waals surface area contributed by atoms with Crippen molar-refractivity contribution in [3.8, 4) is 0 Å². The van der Waals surface area contributed by atoms with Gasteiger partial charge in [-0.15, -0.1) is 0 Å². The lowest BCUT2D eigenvalue weighted by atomic mass is 10.1. The van der Waals surface area contributed by atoms with Crippen molar-refractivity contribution >= 4 is 21.8 Å². The average Bonchev–Trinajstić information content (AvgIpc) is 2.78. The Labute approximate surface area is 204 Å². The Bertz CT molecular complexity index is 1050. The monoisotopic (exact) mass is 487 g/mol. The van der Waals surface area contributed by atoms with E-state index < -0.39 is 16.1 Å². The minimum Gasteiger partial charge on any atom is -0.352 e. The largest absolute Gasteiger partial charge is 0.352 e. The number of hydrogen-bond acceptors (Lipinski definition) is 4. The van der Waals surface area contributed by atoms with Crippen molar-refractivity contribution in [2.75, 3.05) is 13.6 Å². The molecule has 1 atom stereocenters. The highest BCUT2D eigenvalue weighted by molar-refractivity contribution is 7.89. The third-order valence-corrected chi connectivity index (χ3v) is 7.44. The lowest BCUT2D eigenvalue weighted by Gasteiger charge is -2.31. The first-order valence-electron chi connectivity index (χ1n) is 11.7. The van der Waals surface area contributed by atoms with Gasteiger partial charge in [0, 0.05) is 32.6 Å². The van der Waals surface area contributed by atoms with E-state index in [2.05, 4.69) is 5.32 Å². The Morgan fingerprint density at radius 1 is 1.03 bits per heavy atom. The van der Waals surface area contributed by atoms with Crippen molar-refractivity contribution in [1.29, 1.82) is 0 Å². The summed E-state index contributed by atoms with van der Waals surface area (Å²) < 4.78 is 26.7. The minimum atomic E-state index is -3.61. The summed E-state index contributed by atoms with van der Waals surface area (Å²) in [5.74, 6) is -0.347. The summed E-state index contributed by atoms with van der Waals surface area (Å²) in [4.78, 5) is 28.0. The van der Waals surface area contributed by atoms with Gasteiger partial charge in [-0.3, -0.25) is 9.59 Å². The van der Waals surface area contributed by atoms with Gasteiger partial charge < -0.3 is 10.2 Å². The van der Waals surface area contributed by atoms with Gasteiger partial charge in [-0.25, -0.2) is 12.7 Å². The number of hydrogen-bond donors (Lipinski definition) is 1. The number of carbonyl (C=O) groups is 2. The van der Waals surface area contributed by atoms with E-state index in [-0.39, 0.29) is 35.7 Å². The summed E-state index contributed by atoms with van der Waals surface area (Å²) in [5, 5.41) is 2.92. The molecule has 0 bridgehead atoms. The van der Waals surface area contributed by atoms with Crippen molar-refractivity contribution in [3.05, 3.63) is 65.7 Å². The molecular formula is C26H37N3O4S. The summed E-state index contributed by atoms with van der Waals surface area (Å²) in [6.07, 6.45) is 0.984. The summed E-state index contributed by atoms with van der Waals surface area (Å²) >= 11 is 0. The van der Waals surface area contributed by atoms with E-state index in [4.69, 9.17) is 0 Å². The summed E-state index contributed by atoms with van der Waals surface area (Å²) in [5.41, 5.74) is 2.03. The molecule has 2 aromatic rings. The molecule has 0 aromatic heterocycles. The third-order valence-electron chi connectivity index (χ3n) is 5.57. The molecular weight excluding hydrogens is 450 g/mol. The molecule has 0 radical (unpaired) electrons. The maximum absolute atomic E-state index is 13.3. The van der Waals surface area contributed by atoms with Crippen molar-refractivity contribution in [1.82, 2.24) is 14.5 Å². The molecule has 0 saturated carbocycles. The van der Waals surface area contributed by atoms with Crippen molar-refractivity contribution in [2.45, 2.75) is 70.5 Å². The Morgan fingerprint density at radius 2 is 1.71 bits per heavy atom. The van der Waals surface area contributed by atoms with Crippen LogP contribution in [-0.2, 0) is 26.2 Å². The first-order valence-corrected chi connectivity index (χ1v) is 13.2. The lowest BCUT2D eigenvalue weighted by molar-refractivity contribution is -0.141. The highest BCUT2D eigenvalue weighted by Gasteiger charge is 2.29. The molecule has 0 aliphatic carbocycles. The van der Waals surface area contributed by atoms with Gasteiger partial charge in [-0.2, -0.15) is 0 Å². The van der Waals surface area contributed by atoms with Gasteiger partial charge in [0.15, 0.2) is 0 Å². The maximum atomic E-state index is 13.3. The van der Waals surface area contributed by atoms with Gasteiger partial charge in [0.1, 0.15) is 6.04 Å². The molecule has 0 fully saturated rings. The fourth-order valence-electron chi connectivity index (χ4n) is 3.80. The van der Waals surface area contributed by atoms with Gasteiger partial charge >= 0.3 is 0 Å². The fraction of sp³-hybridized carbons (Fsp3) is 0.462. The van der Waals surface area contributed by atoms with Crippen molar-refractivity contribution < 1.29 is 18.0 Å². The molecule has 0 aliphatic heterocycles. The first kappa shape index (κ1) is 27.5. The summed E-state index contributed by atoms with van der Waals surface area (Å²) in [6, 6.07) is 15.5. The van der Waals surface area contributed by atoms with E-state index in [1.807, 2.05) is 52.0 Å². The number of nitrogens with one attached hydrogen (secondary N) is 1. The Balaban J connectivity index is 2.13. The molecule has 1 unspecified atom stereocenters. The lowest BCUT2D eigenvalue weighted by Crippen LogP contribution is -2.50. The van der Waals surface area contributed by atoms with E-state index in [1.165, 1.54) is 11.4 Å². The summed E-state index contributed by atoms with van der Waals surface area (Å²) in [7, 11) is -2.10. The van der Waals surface area contributed by atoms with E-state index >= 15 is 0 Å². The van der Waals surface area contributed by atoms with Crippen LogP contribution in [0.3, 0.4) is 0 Å². The van der Waals surface area contributed by atoms with Gasteiger partial charge in [0.05, 0.1) is 4.90 Å². The molecule has 34 heavy (non-hydrogen) atoms. The standard InChI is InChI=1S/C26H37N3O4S/c1-6-24(26(31)27-20(2)3)29(19-22-13-10-12-21(4)18-22)25(30)16-11-17-28(5)34(32,33)23-14-8-7-9-15-23/h7-10,12-15,18,20,24H,6,11,16-17,19H2,1-5H3,(H,27,31). The highest BCUT2D eigenvalue weighted by Crippen LogP contribution is 2.17. The number of amides is 2. The summed E-state index contributed by atoms with van der Waals surface area (Å²) in [6.45, 7) is 8.18. The SMILES string of the molecule is CCC(C(=O)NC(C)C)N(Cc1cccc(C)c1)C(=O)CCCN(C)S(=O)(=O)c1ccccc1. The van der Waals surface area contributed by atoms with Gasteiger partial charge in [-0.1, -0.05) is 55.0 Å². The molecule has 1 N–H and O–H groups in total. The molecule has 0 spiro atoms. The number of sulfonamides is 1. The maximum Gasteiger partial charge on any atom is 0.243 e. The van der Waals surface area contributed by atoms with Crippen LogP contribution in [0.5, 0.6) is 0 Å². The van der Waals surface area contributed by atoms with E-state index in [0.29, 0.717) is 19.4 Å². The number of nitrogens with zero attached hydrogens (tertiary/aromatic N) is 2. The van der Waals surface area contributed by atoms with Crippen LogP contribution >= 0.6 is 0 Å². The average molecular weight is 488 g/mol. The van der Waals surface area contributed by atoms with Crippen LogP contribution in [0.2, 0.25) is 0 Å². The Hall–Kier alpha value is -2.71. The van der Waals surface area contributed by atoms with Crippen LogP contribution in [-0.4, -0.2) is 55.1 Å². The fourth-order valence-corrected chi connectivity index (χ4v) is 5.03. The zero-order valence-corrected chi connectivity index (χ0v) is 21.6. The van der Waals surface area contributed by atoms with Crippen molar-refractivity contribution in [2.24, 2.45) is 0 Å². The molecule has 7 nitrogen and oxygen atoms in total. The van der Waals surface area contributed by atoms with Crippen LogP contribution in [0, 0.1) is 6.92 Å². The second kappa shape index (κ2) is 12.7. The number of carbonyl (C=O) groups excluding carboxylic acids is 2. The third kappa shape index (κ3) is 7.67. The zero-order valence-electron chi connectivity index (χ0n) is 20.8. The van der Waals surface area contributed by atoms with E-state index in [9.17, 15) is 18.0 Å².